The van der Waals surface area contributed by atoms with Gasteiger partial charge in [0.1, 0.15) is 0 Å². The Balaban J connectivity index is 2.33. The van der Waals surface area contributed by atoms with Crippen LogP contribution in [0.2, 0.25) is 0 Å². The molecule has 1 heterocycles. The molecule has 1 saturated heterocycles. The zero-order chi connectivity index (χ0) is 11.5. The first kappa shape index (κ1) is 11.0. The molecule has 0 N–H and O–H groups in total. The lowest BCUT2D eigenvalue weighted by Gasteiger charge is -2.22. The van der Waals surface area contributed by atoms with Gasteiger partial charge >= 0.3 is 0 Å². The lowest BCUT2D eigenvalue weighted by Crippen LogP contribution is -2.26. The normalized spacial score (nSPS) is 15.2. The van der Waals surface area contributed by atoms with Gasteiger partial charge in [-0.1, -0.05) is 12.1 Å². The Hall–Kier alpha value is -1.51. The number of para-hydroxylation sites is 1. The fourth-order valence-corrected chi connectivity index (χ4v) is 2.13. The van der Waals surface area contributed by atoms with Crippen molar-refractivity contribution in [3.05, 3.63) is 29.8 Å². The topological polar surface area (TPSA) is 23.6 Å². The van der Waals surface area contributed by atoms with Crippen LogP contribution in [0, 0.1) is 0 Å². The van der Waals surface area contributed by atoms with Crippen LogP contribution in [0.1, 0.15) is 23.2 Å². The Labute approximate surface area is 96.7 Å². The van der Waals surface area contributed by atoms with Crippen LogP contribution in [0.4, 0.5) is 5.69 Å². The minimum absolute atomic E-state index is 0.0856. The lowest BCUT2D eigenvalue weighted by molar-refractivity contribution is 0.0828. The molecule has 1 aromatic carbocycles. The van der Waals surface area contributed by atoms with Gasteiger partial charge in [-0.2, -0.15) is 0 Å². The third-order valence-electron chi connectivity index (χ3n) is 2.99. The van der Waals surface area contributed by atoms with E-state index in [1.165, 1.54) is 12.8 Å². The molecule has 3 heteroatoms. The summed E-state index contributed by atoms with van der Waals surface area (Å²) in [5.41, 5.74) is 1.90. The van der Waals surface area contributed by atoms with E-state index in [9.17, 15) is 4.79 Å². The minimum atomic E-state index is 0.0856. The third-order valence-corrected chi connectivity index (χ3v) is 2.99. The van der Waals surface area contributed by atoms with Crippen molar-refractivity contribution in [1.82, 2.24) is 4.90 Å². The molecule has 1 amide bonds. The Bertz CT molecular complexity index is 381. The maximum Gasteiger partial charge on any atom is 0.255 e. The molecule has 0 atom stereocenters. The molecular weight excluding hydrogens is 200 g/mol. The van der Waals surface area contributed by atoms with Crippen LogP contribution in [-0.2, 0) is 0 Å². The number of carbonyl (C=O) groups excluding carboxylic acids is 1. The molecule has 1 aliphatic heterocycles. The third kappa shape index (κ3) is 2.03. The molecule has 0 unspecified atom stereocenters. The standard InChI is InChI=1S/C13H18N2O/c1-14(2)13(16)11-7-3-4-8-12(11)15-9-5-6-10-15/h3-4,7-8H,5-6,9-10H2,1-2H3. The van der Waals surface area contributed by atoms with E-state index in [1.54, 1.807) is 19.0 Å². The first-order valence-corrected chi connectivity index (χ1v) is 5.76. The summed E-state index contributed by atoms with van der Waals surface area (Å²) in [6, 6.07) is 7.88. The molecule has 2 rings (SSSR count). The molecule has 0 saturated carbocycles. The van der Waals surface area contributed by atoms with Gasteiger partial charge in [0, 0.05) is 32.9 Å². The number of hydrogen-bond donors (Lipinski definition) is 0. The highest BCUT2D eigenvalue weighted by Crippen LogP contribution is 2.25. The molecule has 0 spiro atoms. The predicted molar refractivity (Wildman–Crippen MR) is 65.9 cm³/mol. The molecule has 0 aromatic heterocycles. The summed E-state index contributed by atoms with van der Waals surface area (Å²) >= 11 is 0. The van der Waals surface area contributed by atoms with Crippen molar-refractivity contribution in [2.45, 2.75) is 12.8 Å². The highest BCUT2D eigenvalue weighted by atomic mass is 16.2. The first-order valence-electron chi connectivity index (χ1n) is 5.76. The smallest absolute Gasteiger partial charge is 0.255 e. The fourth-order valence-electron chi connectivity index (χ4n) is 2.13. The Morgan fingerprint density at radius 1 is 1.19 bits per heavy atom. The van der Waals surface area contributed by atoms with Gasteiger partial charge in [-0.3, -0.25) is 4.79 Å². The molecular formula is C13H18N2O. The van der Waals surface area contributed by atoms with E-state index in [0.29, 0.717) is 0 Å². The van der Waals surface area contributed by atoms with Crippen molar-refractivity contribution in [2.75, 3.05) is 32.1 Å². The summed E-state index contributed by atoms with van der Waals surface area (Å²) in [6.45, 7) is 2.13. The summed E-state index contributed by atoms with van der Waals surface area (Å²) in [5.74, 6) is 0.0856. The summed E-state index contributed by atoms with van der Waals surface area (Å²) in [6.07, 6.45) is 2.45. The van der Waals surface area contributed by atoms with Gasteiger partial charge in [0.15, 0.2) is 0 Å². The van der Waals surface area contributed by atoms with Crippen molar-refractivity contribution in [3.63, 3.8) is 0 Å². The first-order chi connectivity index (χ1) is 7.70. The van der Waals surface area contributed by atoms with E-state index >= 15 is 0 Å². The van der Waals surface area contributed by atoms with E-state index in [1.807, 2.05) is 24.3 Å². The summed E-state index contributed by atoms with van der Waals surface area (Å²) in [7, 11) is 3.59. The number of amides is 1. The van der Waals surface area contributed by atoms with Crippen LogP contribution >= 0.6 is 0 Å². The lowest BCUT2D eigenvalue weighted by atomic mass is 10.1. The molecule has 86 valence electrons. The van der Waals surface area contributed by atoms with Gasteiger partial charge in [0.25, 0.3) is 5.91 Å². The summed E-state index contributed by atoms with van der Waals surface area (Å²) < 4.78 is 0. The number of anilines is 1. The van der Waals surface area contributed by atoms with Crippen LogP contribution in [0.5, 0.6) is 0 Å². The monoisotopic (exact) mass is 218 g/mol. The van der Waals surface area contributed by atoms with Gasteiger partial charge in [-0.05, 0) is 25.0 Å². The SMILES string of the molecule is CN(C)C(=O)c1ccccc1N1CCCC1. The minimum Gasteiger partial charge on any atom is -0.371 e. The summed E-state index contributed by atoms with van der Waals surface area (Å²) in [4.78, 5) is 16.0. The zero-order valence-corrected chi connectivity index (χ0v) is 9.94. The van der Waals surface area contributed by atoms with Crippen LogP contribution in [0.3, 0.4) is 0 Å². The van der Waals surface area contributed by atoms with Crippen molar-refractivity contribution in [1.29, 1.82) is 0 Å². The molecule has 0 radical (unpaired) electrons. The largest absolute Gasteiger partial charge is 0.371 e. The number of carbonyl (C=O) groups is 1. The second kappa shape index (κ2) is 4.56. The van der Waals surface area contributed by atoms with Crippen molar-refractivity contribution < 1.29 is 4.79 Å². The molecule has 0 bridgehead atoms. The summed E-state index contributed by atoms with van der Waals surface area (Å²) in [5, 5.41) is 0. The zero-order valence-electron chi connectivity index (χ0n) is 9.94. The maximum absolute atomic E-state index is 12.0. The maximum atomic E-state index is 12.0. The van der Waals surface area contributed by atoms with Gasteiger partial charge in [-0.15, -0.1) is 0 Å². The van der Waals surface area contributed by atoms with Crippen molar-refractivity contribution >= 4 is 11.6 Å². The fraction of sp³-hybridized carbons (Fsp3) is 0.462. The van der Waals surface area contributed by atoms with E-state index in [0.717, 1.165) is 24.3 Å². The van der Waals surface area contributed by atoms with Crippen LogP contribution in [-0.4, -0.2) is 38.0 Å². The average Bonchev–Trinajstić information content (AvgIpc) is 2.81. The van der Waals surface area contributed by atoms with Crippen LogP contribution in [0.15, 0.2) is 24.3 Å². The number of rotatable bonds is 2. The molecule has 1 aliphatic rings. The molecule has 1 aromatic rings. The molecule has 16 heavy (non-hydrogen) atoms. The Morgan fingerprint density at radius 3 is 2.44 bits per heavy atom. The van der Waals surface area contributed by atoms with E-state index in [2.05, 4.69) is 4.90 Å². The van der Waals surface area contributed by atoms with Gasteiger partial charge in [0.2, 0.25) is 0 Å². The van der Waals surface area contributed by atoms with Crippen LogP contribution in [0.25, 0.3) is 0 Å². The van der Waals surface area contributed by atoms with E-state index in [4.69, 9.17) is 0 Å². The predicted octanol–water partition coefficient (Wildman–Crippen LogP) is 1.99. The van der Waals surface area contributed by atoms with E-state index in [-0.39, 0.29) is 5.91 Å². The van der Waals surface area contributed by atoms with Gasteiger partial charge in [-0.25, -0.2) is 0 Å². The second-order valence-corrected chi connectivity index (χ2v) is 4.41. The van der Waals surface area contributed by atoms with E-state index < -0.39 is 0 Å². The van der Waals surface area contributed by atoms with Crippen molar-refractivity contribution in [2.24, 2.45) is 0 Å². The van der Waals surface area contributed by atoms with Crippen LogP contribution < -0.4 is 4.90 Å². The molecule has 0 aliphatic carbocycles. The molecule has 1 fully saturated rings. The average molecular weight is 218 g/mol. The van der Waals surface area contributed by atoms with Gasteiger partial charge in [0.05, 0.1) is 5.56 Å². The highest BCUT2D eigenvalue weighted by molar-refractivity contribution is 5.99. The Morgan fingerprint density at radius 2 is 1.81 bits per heavy atom. The second-order valence-electron chi connectivity index (χ2n) is 4.41. The van der Waals surface area contributed by atoms with Gasteiger partial charge < -0.3 is 9.80 Å². The highest BCUT2D eigenvalue weighted by Gasteiger charge is 2.19. The Kier molecular flexibility index (Phi) is 3.13. The number of benzene rings is 1. The van der Waals surface area contributed by atoms with Crippen molar-refractivity contribution in [3.8, 4) is 0 Å². The number of nitrogens with zero attached hydrogens (tertiary/aromatic N) is 2. The number of hydrogen-bond acceptors (Lipinski definition) is 2. The quantitative estimate of drug-likeness (QED) is 0.758. The molecule has 3 nitrogen and oxygen atoms in total.